The van der Waals surface area contributed by atoms with Crippen LogP contribution in [0.5, 0.6) is 0 Å². The topological polar surface area (TPSA) is 125 Å². The van der Waals surface area contributed by atoms with E-state index in [1.54, 1.807) is 0 Å². The Morgan fingerprint density at radius 3 is 2.65 bits per heavy atom. The number of nitriles is 1. The number of unbranched alkanes of at least 4 members (excludes halogenated alkanes) is 1. The van der Waals surface area contributed by atoms with Gasteiger partial charge in [0.25, 0.3) is 5.91 Å². The molecular weight excluding hydrogens is 382 g/mol. The van der Waals surface area contributed by atoms with Crippen LogP contribution >= 0.6 is 11.6 Å². The summed E-state index contributed by atoms with van der Waals surface area (Å²) >= 11 is 5.86. The SMILES string of the molecule is CCCCS(=O)(=O)N[C@@H](C)C(=O)OCC(=O)Nc1ccc(C#N)c(Cl)c1. The van der Waals surface area contributed by atoms with Crippen LogP contribution in [0, 0.1) is 11.3 Å². The Labute approximate surface area is 157 Å². The van der Waals surface area contributed by atoms with E-state index < -0.39 is 34.5 Å². The first kappa shape index (κ1) is 21.9. The molecule has 0 saturated heterocycles. The molecule has 1 amide bonds. The lowest BCUT2D eigenvalue weighted by molar-refractivity contribution is -0.148. The number of anilines is 1. The van der Waals surface area contributed by atoms with Crippen LogP contribution < -0.4 is 10.0 Å². The summed E-state index contributed by atoms with van der Waals surface area (Å²) in [4.78, 5) is 23.6. The molecule has 8 nitrogen and oxygen atoms in total. The summed E-state index contributed by atoms with van der Waals surface area (Å²) in [5.74, 6) is -1.57. The van der Waals surface area contributed by atoms with Gasteiger partial charge in [-0.1, -0.05) is 24.9 Å². The van der Waals surface area contributed by atoms with Crippen LogP contribution in [-0.2, 0) is 24.3 Å². The number of carbonyl (C=O) groups is 2. The zero-order valence-electron chi connectivity index (χ0n) is 14.4. The molecule has 1 aromatic carbocycles. The third-order valence-corrected chi connectivity index (χ3v) is 5.05. The van der Waals surface area contributed by atoms with Gasteiger partial charge >= 0.3 is 5.97 Å². The van der Waals surface area contributed by atoms with Crippen molar-refractivity contribution in [3.63, 3.8) is 0 Å². The molecule has 0 saturated carbocycles. The van der Waals surface area contributed by atoms with Crippen LogP contribution in [0.15, 0.2) is 18.2 Å². The first-order valence-corrected chi connectivity index (χ1v) is 9.87. The standard InChI is InChI=1S/C16H20ClN3O5S/c1-3-4-7-26(23,24)20-11(2)16(22)25-10-15(21)19-13-6-5-12(9-18)14(17)8-13/h5-6,8,11,20H,3-4,7,10H2,1-2H3,(H,19,21)/t11-/m0/s1. The van der Waals surface area contributed by atoms with Crippen molar-refractivity contribution in [2.24, 2.45) is 0 Å². The number of hydrogen-bond donors (Lipinski definition) is 2. The van der Waals surface area contributed by atoms with E-state index in [1.807, 2.05) is 13.0 Å². The number of esters is 1. The van der Waals surface area contributed by atoms with E-state index in [4.69, 9.17) is 21.6 Å². The molecule has 0 unspecified atom stereocenters. The highest BCUT2D eigenvalue weighted by molar-refractivity contribution is 7.89. The maximum absolute atomic E-state index is 11.8. The van der Waals surface area contributed by atoms with Gasteiger partial charge in [0.1, 0.15) is 12.1 Å². The van der Waals surface area contributed by atoms with Crippen molar-refractivity contribution in [3.05, 3.63) is 28.8 Å². The number of benzene rings is 1. The molecule has 0 aliphatic carbocycles. The number of amides is 1. The average molecular weight is 402 g/mol. The Balaban J connectivity index is 2.50. The molecule has 1 rings (SSSR count). The predicted octanol–water partition coefficient (Wildman–Crippen LogP) is 1.80. The number of sulfonamides is 1. The van der Waals surface area contributed by atoms with Crippen molar-refractivity contribution < 1.29 is 22.7 Å². The molecule has 0 aliphatic rings. The molecule has 0 radical (unpaired) electrons. The third kappa shape index (κ3) is 7.39. The Morgan fingerprint density at radius 1 is 1.38 bits per heavy atom. The minimum Gasteiger partial charge on any atom is -0.454 e. The zero-order valence-corrected chi connectivity index (χ0v) is 16.0. The highest BCUT2D eigenvalue weighted by Crippen LogP contribution is 2.20. The number of carbonyl (C=O) groups excluding carboxylic acids is 2. The van der Waals surface area contributed by atoms with Gasteiger partial charge in [-0.3, -0.25) is 9.59 Å². The number of nitrogens with zero attached hydrogens (tertiary/aromatic N) is 1. The van der Waals surface area contributed by atoms with Gasteiger partial charge in [-0.2, -0.15) is 5.26 Å². The fraction of sp³-hybridized carbons (Fsp3) is 0.438. The third-order valence-electron chi connectivity index (χ3n) is 3.20. The highest BCUT2D eigenvalue weighted by Gasteiger charge is 2.21. The van der Waals surface area contributed by atoms with E-state index in [0.717, 1.165) is 0 Å². The monoisotopic (exact) mass is 401 g/mol. The highest BCUT2D eigenvalue weighted by atomic mass is 35.5. The Kier molecular flexibility index (Phi) is 8.51. The molecule has 26 heavy (non-hydrogen) atoms. The van der Waals surface area contributed by atoms with Gasteiger partial charge < -0.3 is 10.1 Å². The largest absolute Gasteiger partial charge is 0.454 e. The van der Waals surface area contributed by atoms with Crippen molar-refractivity contribution in [2.75, 3.05) is 17.7 Å². The molecule has 0 spiro atoms. The fourth-order valence-electron chi connectivity index (χ4n) is 1.85. The number of halogens is 1. The van der Waals surface area contributed by atoms with Gasteiger partial charge in [0.15, 0.2) is 6.61 Å². The van der Waals surface area contributed by atoms with Crippen LogP contribution in [0.4, 0.5) is 5.69 Å². The van der Waals surface area contributed by atoms with Gasteiger partial charge in [0, 0.05) is 5.69 Å². The summed E-state index contributed by atoms with van der Waals surface area (Å²) in [7, 11) is -3.58. The van der Waals surface area contributed by atoms with Crippen molar-refractivity contribution in [2.45, 2.75) is 32.7 Å². The van der Waals surface area contributed by atoms with Crippen LogP contribution in [0.3, 0.4) is 0 Å². The predicted molar refractivity (Wildman–Crippen MR) is 97.0 cm³/mol. The van der Waals surface area contributed by atoms with E-state index in [0.29, 0.717) is 18.5 Å². The van der Waals surface area contributed by atoms with Crippen LogP contribution in [0.2, 0.25) is 5.02 Å². The van der Waals surface area contributed by atoms with E-state index >= 15 is 0 Å². The smallest absolute Gasteiger partial charge is 0.324 e. The van der Waals surface area contributed by atoms with E-state index in [2.05, 4.69) is 10.0 Å². The van der Waals surface area contributed by atoms with E-state index in [1.165, 1.54) is 25.1 Å². The first-order valence-electron chi connectivity index (χ1n) is 7.84. The molecule has 142 valence electrons. The molecule has 2 N–H and O–H groups in total. The van der Waals surface area contributed by atoms with Crippen molar-refractivity contribution in [3.8, 4) is 6.07 Å². The fourth-order valence-corrected chi connectivity index (χ4v) is 3.50. The molecule has 0 bridgehead atoms. The Bertz CT molecular complexity index is 805. The second-order valence-corrected chi connectivity index (χ2v) is 7.75. The molecular formula is C16H20ClN3O5S. The molecule has 0 heterocycles. The summed E-state index contributed by atoms with van der Waals surface area (Å²) in [5, 5.41) is 11.4. The van der Waals surface area contributed by atoms with Crippen LogP contribution in [0.25, 0.3) is 0 Å². The summed E-state index contributed by atoms with van der Waals surface area (Å²) in [6, 6.07) is 5.10. The summed E-state index contributed by atoms with van der Waals surface area (Å²) in [6.07, 6.45) is 1.19. The minimum absolute atomic E-state index is 0.0823. The van der Waals surface area contributed by atoms with Crippen molar-refractivity contribution >= 4 is 39.2 Å². The summed E-state index contributed by atoms with van der Waals surface area (Å²) < 4.78 is 30.5. The maximum Gasteiger partial charge on any atom is 0.324 e. The lowest BCUT2D eigenvalue weighted by atomic mass is 10.2. The van der Waals surface area contributed by atoms with Gasteiger partial charge in [-0.05, 0) is 31.5 Å². The number of rotatable bonds is 9. The van der Waals surface area contributed by atoms with Crippen LogP contribution in [0.1, 0.15) is 32.3 Å². The second-order valence-electron chi connectivity index (χ2n) is 5.47. The lowest BCUT2D eigenvalue weighted by Gasteiger charge is -2.13. The maximum atomic E-state index is 11.8. The zero-order chi connectivity index (χ0) is 19.7. The number of nitrogens with one attached hydrogen (secondary N) is 2. The van der Waals surface area contributed by atoms with Crippen molar-refractivity contribution in [1.29, 1.82) is 5.26 Å². The second kappa shape index (κ2) is 10.1. The van der Waals surface area contributed by atoms with Crippen LogP contribution in [-0.4, -0.2) is 38.7 Å². The molecule has 0 fully saturated rings. The first-order chi connectivity index (χ1) is 12.2. The molecule has 1 atom stereocenters. The Morgan fingerprint density at radius 2 is 2.08 bits per heavy atom. The van der Waals surface area contributed by atoms with Crippen molar-refractivity contribution in [1.82, 2.24) is 4.72 Å². The average Bonchev–Trinajstić information content (AvgIpc) is 2.57. The lowest BCUT2D eigenvalue weighted by Crippen LogP contribution is -2.41. The molecule has 10 heteroatoms. The number of hydrogen-bond acceptors (Lipinski definition) is 6. The van der Waals surface area contributed by atoms with Gasteiger partial charge in [-0.25, -0.2) is 13.1 Å². The quantitative estimate of drug-likeness (QED) is 0.607. The van der Waals surface area contributed by atoms with E-state index in [9.17, 15) is 18.0 Å². The summed E-state index contributed by atoms with van der Waals surface area (Å²) in [5.41, 5.74) is 0.601. The molecule has 0 aromatic heterocycles. The minimum atomic E-state index is -3.58. The summed E-state index contributed by atoms with van der Waals surface area (Å²) in [6.45, 7) is 2.61. The molecule has 0 aliphatic heterocycles. The Hall–Kier alpha value is -2.15. The number of ether oxygens (including phenoxy) is 1. The van der Waals surface area contributed by atoms with Gasteiger partial charge in [0.2, 0.25) is 10.0 Å². The van der Waals surface area contributed by atoms with E-state index in [-0.39, 0.29) is 16.3 Å². The van der Waals surface area contributed by atoms with Gasteiger partial charge in [0.05, 0.1) is 16.3 Å². The van der Waals surface area contributed by atoms with Gasteiger partial charge in [-0.15, -0.1) is 0 Å². The normalized spacial score (nSPS) is 12.1. The molecule has 1 aromatic rings.